The second-order valence-corrected chi connectivity index (χ2v) is 10.4. The molecule has 2 aromatic carbocycles. The molecule has 1 amide bonds. The maximum Gasteiger partial charge on any atom is 0.251 e. The highest BCUT2D eigenvalue weighted by Crippen LogP contribution is 2.50. The molecular formula is C30H39NO4. The van der Waals surface area contributed by atoms with Crippen LogP contribution in [-0.2, 0) is 15.6 Å². The molecule has 188 valence electrons. The quantitative estimate of drug-likeness (QED) is 0.401. The van der Waals surface area contributed by atoms with Gasteiger partial charge in [0.1, 0.15) is 18.5 Å². The lowest BCUT2D eigenvalue weighted by Gasteiger charge is -2.43. The predicted molar refractivity (Wildman–Crippen MR) is 140 cm³/mol. The average molecular weight is 478 g/mol. The number of nitrogens with one attached hydrogen (secondary N) is 1. The highest BCUT2D eigenvalue weighted by Gasteiger charge is 2.40. The summed E-state index contributed by atoms with van der Waals surface area (Å²) < 4.78 is 11.7. The van der Waals surface area contributed by atoms with E-state index in [0.717, 1.165) is 29.7 Å². The van der Waals surface area contributed by atoms with Crippen LogP contribution in [0, 0.1) is 11.8 Å². The Kier molecular flexibility index (Phi) is 8.64. The van der Waals surface area contributed by atoms with Gasteiger partial charge in [-0.3, -0.25) is 4.79 Å². The zero-order valence-electron chi connectivity index (χ0n) is 22.0. The molecule has 0 saturated carbocycles. The summed E-state index contributed by atoms with van der Waals surface area (Å²) in [4.78, 5) is 12.0. The van der Waals surface area contributed by atoms with Gasteiger partial charge in [0.2, 0.25) is 0 Å². The number of fused-ring (bicyclic) bond motifs is 1. The van der Waals surface area contributed by atoms with Crippen molar-refractivity contribution in [2.24, 2.45) is 0 Å². The molecule has 1 unspecified atom stereocenters. The minimum Gasteiger partial charge on any atom is -0.491 e. The van der Waals surface area contributed by atoms with Gasteiger partial charge in [-0.05, 0) is 79.0 Å². The van der Waals surface area contributed by atoms with Crippen LogP contribution in [0.15, 0.2) is 36.4 Å². The minimum atomic E-state index is -0.960. The zero-order chi connectivity index (χ0) is 25.6. The average Bonchev–Trinajstić information content (AvgIpc) is 2.83. The molecule has 0 bridgehead atoms. The SMILES string of the molecule is CCNC(=O)c1ccc(C#CC(O)c2cc(OCCOCC)c3c(c2)C(C)(C)CCC3(C)C)cc1. The fourth-order valence-electron chi connectivity index (χ4n) is 4.58. The van der Waals surface area contributed by atoms with Crippen LogP contribution >= 0.6 is 0 Å². The second kappa shape index (κ2) is 11.3. The van der Waals surface area contributed by atoms with E-state index in [1.807, 2.05) is 19.9 Å². The van der Waals surface area contributed by atoms with Crippen LogP contribution in [0.2, 0.25) is 0 Å². The second-order valence-electron chi connectivity index (χ2n) is 10.4. The van der Waals surface area contributed by atoms with Gasteiger partial charge < -0.3 is 19.9 Å². The van der Waals surface area contributed by atoms with Gasteiger partial charge >= 0.3 is 0 Å². The van der Waals surface area contributed by atoms with Gasteiger partial charge in [0.25, 0.3) is 5.91 Å². The van der Waals surface area contributed by atoms with E-state index in [9.17, 15) is 9.90 Å². The first kappa shape index (κ1) is 26.8. The molecule has 35 heavy (non-hydrogen) atoms. The molecule has 0 radical (unpaired) electrons. The maximum atomic E-state index is 12.0. The topological polar surface area (TPSA) is 67.8 Å². The summed E-state index contributed by atoms with van der Waals surface area (Å²) in [6, 6.07) is 11.1. The van der Waals surface area contributed by atoms with Crippen molar-refractivity contribution in [3.63, 3.8) is 0 Å². The highest BCUT2D eigenvalue weighted by molar-refractivity contribution is 5.94. The third-order valence-corrected chi connectivity index (χ3v) is 6.75. The van der Waals surface area contributed by atoms with Crippen molar-refractivity contribution < 1.29 is 19.4 Å². The largest absolute Gasteiger partial charge is 0.491 e. The lowest BCUT2D eigenvalue weighted by atomic mass is 9.62. The summed E-state index contributed by atoms with van der Waals surface area (Å²) in [5.41, 5.74) is 4.44. The molecule has 0 spiro atoms. The first-order valence-electron chi connectivity index (χ1n) is 12.6. The number of aliphatic hydroxyl groups is 1. The molecule has 0 aliphatic heterocycles. The minimum absolute atomic E-state index is 0.0211. The van der Waals surface area contributed by atoms with Gasteiger partial charge in [-0.1, -0.05) is 45.6 Å². The maximum absolute atomic E-state index is 12.0. The number of rotatable bonds is 8. The molecule has 5 nitrogen and oxygen atoms in total. The van der Waals surface area contributed by atoms with E-state index >= 15 is 0 Å². The Labute approximate surface area is 210 Å². The van der Waals surface area contributed by atoms with Crippen LogP contribution in [0.25, 0.3) is 0 Å². The molecule has 2 N–H and O–H groups in total. The van der Waals surface area contributed by atoms with Crippen molar-refractivity contribution in [3.05, 3.63) is 64.2 Å². The number of carbonyl (C=O) groups excluding carboxylic acids is 1. The number of aliphatic hydroxyl groups excluding tert-OH is 1. The Bertz CT molecular complexity index is 1090. The summed E-state index contributed by atoms with van der Waals surface area (Å²) in [6.45, 7) is 15.1. The van der Waals surface area contributed by atoms with Crippen molar-refractivity contribution in [1.29, 1.82) is 0 Å². The van der Waals surface area contributed by atoms with E-state index in [2.05, 4.69) is 50.9 Å². The summed E-state index contributed by atoms with van der Waals surface area (Å²) in [5.74, 6) is 6.72. The van der Waals surface area contributed by atoms with E-state index in [-0.39, 0.29) is 16.7 Å². The van der Waals surface area contributed by atoms with Crippen LogP contribution in [0.1, 0.15) is 93.1 Å². The summed E-state index contributed by atoms with van der Waals surface area (Å²) in [6.07, 6.45) is 1.18. The Morgan fingerprint density at radius 3 is 2.40 bits per heavy atom. The van der Waals surface area contributed by atoms with Crippen molar-refractivity contribution >= 4 is 5.91 Å². The molecule has 2 aromatic rings. The van der Waals surface area contributed by atoms with E-state index in [1.165, 1.54) is 11.1 Å². The van der Waals surface area contributed by atoms with Crippen molar-refractivity contribution in [3.8, 4) is 17.6 Å². The van der Waals surface area contributed by atoms with Crippen molar-refractivity contribution in [1.82, 2.24) is 5.32 Å². The van der Waals surface area contributed by atoms with E-state index in [4.69, 9.17) is 9.47 Å². The van der Waals surface area contributed by atoms with Gasteiger partial charge in [0.15, 0.2) is 0 Å². The van der Waals surface area contributed by atoms with Crippen molar-refractivity contribution in [2.45, 2.75) is 71.3 Å². The number of amides is 1. The first-order chi connectivity index (χ1) is 16.6. The van der Waals surface area contributed by atoms with Gasteiger partial charge in [-0.25, -0.2) is 0 Å². The standard InChI is InChI=1S/C30H39NO4/c1-7-31-28(33)22-12-9-21(10-13-22)11-14-25(32)23-19-24-27(26(20-23)35-18-17-34-8-2)30(5,6)16-15-29(24,3)4/h9-10,12-13,19-20,25,32H,7-8,15-18H2,1-6H3,(H,31,33). The third-order valence-electron chi connectivity index (χ3n) is 6.75. The molecule has 0 aromatic heterocycles. The summed E-state index contributed by atoms with van der Waals surface area (Å²) >= 11 is 0. The fraction of sp³-hybridized carbons (Fsp3) is 0.500. The lowest BCUT2D eigenvalue weighted by Crippen LogP contribution is -2.34. The highest BCUT2D eigenvalue weighted by atomic mass is 16.5. The first-order valence-corrected chi connectivity index (χ1v) is 12.6. The number of benzene rings is 2. The van der Waals surface area contributed by atoms with Gasteiger partial charge in [0, 0.05) is 29.8 Å². The number of ether oxygens (including phenoxy) is 2. The molecule has 0 fully saturated rings. The van der Waals surface area contributed by atoms with E-state index in [0.29, 0.717) is 31.9 Å². The van der Waals surface area contributed by atoms with Gasteiger partial charge in [-0.2, -0.15) is 0 Å². The third kappa shape index (κ3) is 6.45. The number of hydrogen-bond donors (Lipinski definition) is 2. The van der Waals surface area contributed by atoms with Crippen LogP contribution < -0.4 is 10.1 Å². The number of hydrogen-bond acceptors (Lipinski definition) is 4. The van der Waals surface area contributed by atoms with Crippen molar-refractivity contribution in [2.75, 3.05) is 26.4 Å². The molecular weight excluding hydrogens is 438 g/mol. The van der Waals surface area contributed by atoms with Gasteiger partial charge in [-0.15, -0.1) is 0 Å². The van der Waals surface area contributed by atoms with E-state index < -0.39 is 6.10 Å². The Hall–Kier alpha value is -2.81. The van der Waals surface area contributed by atoms with Crippen LogP contribution in [0.3, 0.4) is 0 Å². The molecule has 0 saturated heterocycles. The van der Waals surface area contributed by atoms with Crippen LogP contribution in [-0.4, -0.2) is 37.4 Å². The molecule has 3 rings (SSSR count). The molecule has 1 aliphatic carbocycles. The zero-order valence-corrected chi connectivity index (χ0v) is 22.0. The Balaban J connectivity index is 1.92. The van der Waals surface area contributed by atoms with E-state index in [1.54, 1.807) is 24.3 Å². The monoisotopic (exact) mass is 477 g/mol. The smallest absolute Gasteiger partial charge is 0.251 e. The summed E-state index contributed by atoms with van der Waals surface area (Å²) in [5, 5.41) is 13.8. The molecule has 0 heterocycles. The van der Waals surface area contributed by atoms with Crippen LogP contribution in [0.4, 0.5) is 0 Å². The molecule has 1 atom stereocenters. The Morgan fingerprint density at radius 1 is 1.06 bits per heavy atom. The molecule has 5 heteroatoms. The predicted octanol–water partition coefficient (Wildman–Crippen LogP) is 5.29. The fourth-order valence-corrected chi connectivity index (χ4v) is 4.58. The number of carbonyl (C=O) groups is 1. The normalized spacial score (nSPS) is 16.4. The summed E-state index contributed by atoms with van der Waals surface area (Å²) in [7, 11) is 0. The van der Waals surface area contributed by atoms with Gasteiger partial charge in [0.05, 0.1) is 6.61 Å². The molecule has 1 aliphatic rings. The lowest BCUT2D eigenvalue weighted by molar-refractivity contribution is 0.0956. The Morgan fingerprint density at radius 2 is 1.74 bits per heavy atom. The van der Waals surface area contributed by atoms with Crippen LogP contribution in [0.5, 0.6) is 5.75 Å².